The van der Waals surface area contributed by atoms with E-state index in [0.29, 0.717) is 24.9 Å². The van der Waals surface area contributed by atoms with Crippen molar-refractivity contribution < 1.29 is 9.21 Å². The fourth-order valence-corrected chi connectivity index (χ4v) is 4.50. The molecule has 0 spiro atoms. The highest BCUT2D eigenvalue weighted by Gasteiger charge is 2.28. The predicted molar refractivity (Wildman–Crippen MR) is 127 cm³/mol. The summed E-state index contributed by atoms with van der Waals surface area (Å²) in [6.45, 7) is 3.83. The SMILES string of the molecule is CN=C(NCC(C1CCCCC1)N(C)C)N1CCN(C(=O)c2ccco2)CC1.I. The number of aliphatic imine (C=N–C) groups is 1. The van der Waals surface area contributed by atoms with Gasteiger partial charge in [-0.25, -0.2) is 0 Å². The van der Waals surface area contributed by atoms with Crippen LogP contribution in [0.2, 0.25) is 0 Å². The third kappa shape index (κ3) is 6.34. The van der Waals surface area contributed by atoms with Gasteiger partial charge < -0.3 is 24.4 Å². The molecule has 1 amide bonds. The molecular formula is C21H36IN5O2. The molecule has 0 radical (unpaired) electrons. The molecule has 1 aromatic heterocycles. The smallest absolute Gasteiger partial charge is 0.289 e. The van der Waals surface area contributed by atoms with Gasteiger partial charge in [0, 0.05) is 45.8 Å². The Morgan fingerprint density at radius 2 is 1.86 bits per heavy atom. The number of hydrogen-bond acceptors (Lipinski definition) is 4. The number of likely N-dealkylation sites (N-methyl/N-ethyl adjacent to an activating group) is 1. The van der Waals surface area contributed by atoms with E-state index in [1.165, 1.54) is 32.1 Å². The Balaban J connectivity index is 0.00000300. The molecule has 2 aliphatic rings. The summed E-state index contributed by atoms with van der Waals surface area (Å²) in [6.07, 6.45) is 8.30. The van der Waals surface area contributed by atoms with Gasteiger partial charge in [-0.3, -0.25) is 9.79 Å². The lowest BCUT2D eigenvalue weighted by Gasteiger charge is -2.38. The van der Waals surface area contributed by atoms with E-state index in [2.05, 4.69) is 34.2 Å². The quantitative estimate of drug-likeness (QED) is 0.370. The molecule has 164 valence electrons. The molecule has 0 aromatic carbocycles. The molecule has 8 heteroatoms. The Kier molecular flexibility index (Phi) is 9.74. The summed E-state index contributed by atoms with van der Waals surface area (Å²) < 4.78 is 5.24. The number of carbonyl (C=O) groups is 1. The molecular weight excluding hydrogens is 481 g/mol. The molecule has 0 bridgehead atoms. The van der Waals surface area contributed by atoms with E-state index >= 15 is 0 Å². The number of nitrogens with one attached hydrogen (secondary N) is 1. The maximum atomic E-state index is 12.4. The summed E-state index contributed by atoms with van der Waals surface area (Å²) in [4.78, 5) is 23.4. The van der Waals surface area contributed by atoms with Gasteiger partial charge in [0.1, 0.15) is 0 Å². The number of carbonyl (C=O) groups excluding carboxylic acids is 1. The molecule has 1 aliphatic carbocycles. The van der Waals surface area contributed by atoms with Crippen LogP contribution >= 0.6 is 24.0 Å². The third-order valence-electron chi connectivity index (χ3n) is 6.14. The van der Waals surface area contributed by atoms with Crippen molar-refractivity contribution in [2.75, 3.05) is 53.9 Å². The normalized spacial score (nSPS) is 19.8. The number of rotatable bonds is 5. The van der Waals surface area contributed by atoms with Crippen molar-refractivity contribution in [3.63, 3.8) is 0 Å². The zero-order chi connectivity index (χ0) is 19.9. The van der Waals surface area contributed by atoms with Gasteiger partial charge in [0.05, 0.1) is 6.26 Å². The van der Waals surface area contributed by atoms with Crippen LogP contribution in [0.5, 0.6) is 0 Å². The largest absolute Gasteiger partial charge is 0.459 e. The standard InChI is InChI=1S/C21H35N5O2.HI/c1-22-21(23-16-18(24(2)3)17-8-5-4-6-9-17)26-13-11-25(12-14-26)20(27)19-10-7-15-28-19;/h7,10,15,17-18H,4-6,8-9,11-14,16H2,1-3H3,(H,22,23);1H. The second-order valence-electron chi connectivity index (χ2n) is 8.11. The van der Waals surface area contributed by atoms with E-state index in [-0.39, 0.29) is 29.9 Å². The average Bonchev–Trinajstić information content (AvgIpc) is 3.26. The van der Waals surface area contributed by atoms with Crippen LogP contribution in [0, 0.1) is 5.92 Å². The van der Waals surface area contributed by atoms with Crippen molar-refractivity contribution in [2.24, 2.45) is 10.9 Å². The maximum Gasteiger partial charge on any atom is 0.289 e. The van der Waals surface area contributed by atoms with Crippen molar-refractivity contribution in [1.29, 1.82) is 0 Å². The van der Waals surface area contributed by atoms with E-state index in [4.69, 9.17) is 4.42 Å². The summed E-state index contributed by atoms with van der Waals surface area (Å²) in [7, 11) is 6.21. The zero-order valence-corrected chi connectivity index (χ0v) is 20.3. The maximum absolute atomic E-state index is 12.4. The van der Waals surface area contributed by atoms with E-state index in [1.807, 2.05) is 11.9 Å². The minimum absolute atomic E-state index is 0. The minimum atomic E-state index is -0.0300. The predicted octanol–water partition coefficient (Wildman–Crippen LogP) is 2.74. The number of amides is 1. The van der Waals surface area contributed by atoms with Gasteiger partial charge in [-0.1, -0.05) is 19.3 Å². The summed E-state index contributed by atoms with van der Waals surface area (Å²) in [5.74, 6) is 2.08. The Morgan fingerprint density at radius 3 is 2.41 bits per heavy atom. The van der Waals surface area contributed by atoms with E-state index in [1.54, 1.807) is 18.4 Å². The van der Waals surface area contributed by atoms with Gasteiger partial charge >= 0.3 is 0 Å². The van der Waals surface area contributed by atoms with Crippen LogP contribution < -0.4 is 5.32 Å². The van der Waals surface area contributed by atoms with Gasteiger partial charge in [-0.05, 0) is 45.0 Å². The van der Waals surface area contributed by atoms with Crippen LogP contribution in [0.3, 0.4) is 0 Å². The number of piperazine rings is 1. The number of furan rings is 1. The van der Waals surface area contributed by atoms with Crippen LogP contribution in [0.4, 0.5) is 0 Å². The Bertz CT molecular complexity index is 636. The Labute approximate surface area is 191 Å². The molecule has 7 nitrogen and oxygen atoms in total. The lowest BCUT2D eigenvalue weighted by atomic mass is 9.83. The van der Waals surface area contributed by atoms with Crippen molar-refractivity contribution in [3.8, 4) is 0 Å². The lowest BCUT2D eigenvalue weighted by molar-refractivity contribution is 0.0657. The highest BCUT2D eigenvalue weighted by Crippen LogP contribution is 2.28. The first kappa shape index (κ1) is 24.0. The highest BCUT2D eigenvalue weighted by molar-refractivity contribution is 14.0. The number of nitrogens with zero attached hydrogens (tertiary/aromatic N) is 4. The molecule has 1 saturated heterocycles. The van der Waals surface area contributed by atoms with Gasteiger partial charge in [-0.2, -0.15) is 0 Å². The number of hydrogen-bond donors (Lipinski definition) is 1. The van der Waals surface area contributed by atoms with Crippen molar-refractivity contribution >= 4 is 35.8 Å². The molecule has 1 atom stereocenters. The van der Waals surface area contributed by atoms with Crippen LogP contribution in [-0.2, 0) is 0 Å². The summed E-state index contributed by atoms with van der Waals surface area (Å²) in [5, 5.41) is 3.60. The molecule has 3 rings (SSSR count). The van der Waals surface area contributed by atoms with E-state index < -0.39 is 0 Å². The first-order valence-electron chi connectivity index (χ1n) is 10.5. The van der Waals surface area contributed by atoms with Gasteiger partial charge in [-0.15, -0.1) is 24.0 Å². The number of guanidine groups is 1. The minimum Gasteiger partial charge on any atom is -0.459 e. The first-order valence-corrected chi connectivity index (χ1v) is 10.5. The molecule has 2 fully saturated rings. The molecule has 1 aromatic rings. The molecule has 1 aliphatic heterocycles. The molecule has 1 unspecified atom stereocenters. The van der Waals surface area contributed by atoms with Crippen LogP contribution in [-0.4, -0.2) is 86.5 Å². The topological polar surface area (TPSA) is 64.3 Å². The molecule has 1 N–H and O–H groups in total. The highest BCUT2D eigenvalue weighted by atomic mass is 127. The number of halogens is 1. The molecule has 1 saturated carbocycles. The van der Waals surface area contributed by atoms with Crippen molar-refractivity contribution in [2.45, 2.75) is 38.1 Å². The fourth-order valence-electron chi connectivity index (χ4n) is 4.50. The van der Waals surface area contributed by atoms with Crippen molar-refractivity contribution in [3.05, 3.63) is 24.2 Å². The van der Waals surface area contributed by atoms with Crippen LogP contribution in [0.15, 0.2) is 27.8 Å². The van der Waals surface area contributed by atoms with Crippen molar-refractivity contribution in [1.82, 2.24) is 20.0 Å². The monoisotopic (exact) mass is 517 g/mol. The Morgan fingerprint density at radius 1 is 1.21 bits per heavy atom. The Hall–Kier alpha value is -1.29. The van der Waals surface area contributed by atoms with Gasteiger partial charge in [0.15, 0.2) is 11.7 Å². The first-order chi connectivity index (χ1) is 13.6. The van der Waals surface area contributed by atoms with Gasteiger partial charge in [0.25, 0.3) is 5.91 Å². The second kappa shape index (κ2) is 11.8. The van der Waals surface area contributed by atoms with E-state index in [0.717, 1.165) is 31.5 Å². The molecule has 29 heavy (non-hydrogen) atoms. The summed E-state index contributed by atoms with van der Waals surface area (Å²) >= 11 is 0. The third-order valence-corrected chi connectivity index (χ3v) is 6.14. The lowest BCUT2D eigenvalue weighted by Crippen LogP contribution is -2.55. The van der Waals surface area contributed by atoms with E-state index in [9.17, 15) is 4.79 Å². The van der Waals surface area contributed by atoms with Crippen LogP contribution in [0.1, 0.15) is 42.7 Å². The summed E-state index contributed by atoms with van der Waals surface area (Å²) in [5.41, 5.74) is 0. The fraction of sp³-hybridized carbons (Fsp3) is 0.714. The second-order valence-corrected chi connectivity index (χ2v) is 8.11. The average molecular weight is 517 g/mol. The summed E-state index contributed by atoms with van der Waals surface area (Å²) in [6, 6.07) is 4.00. The molecule has 2 heterocycles. The zero-order valence-electron chi connectivity index (χ0n) is 18.0. The van der Waals surface area contributed by atoms with Crippen LogP contribution in [0.25, 0.3) is 0 Å². The van der Waals surface area contributed by atoms with Gasteiger partial charge in [0.2, 0.25) is 0 Å².